The second kappa shape index (κ2) is 10.0. The van der Waals surface area contributed by atoms with E-state index in [2.05, 4.69) is 41.0 Å². The van der Waals surface area contributed by atoms with E-state index in [1.807, 2.05) is 54.4 Å². The Labute approximate surface area is 175 Å². The molecule has 150 valence electrons. The number of rotatable bonds is 9. The smallest absolute Gasteiger partial charge is 0.238 e. The van der Waals surface area contributed by atoms with Gasteiger partial charge in [-0.25, -0.2) is 9.67 Å². The summed E-state index contributed by atoms with van der Waals surface area (Å²) in [6.07, 6.45) is 5.03. The Morgan fingerprint density at radius 2 is 2.03 bits per heavy atom. The molecule has 1 N–H and O–H groups in total. The van der Waals surface area contributed by atoms with Gasteiger partial charge in [0.25, 0.3) is 0 Å². The lowest BCUT2D eigenvalue weighted by Crippen LogP contribution is -2.32. The van der Waals surface area contributed by atoms with Crippen LogP contribution in [-0.4, -0.2) is 44.9 Å². The third-order valence-corrected chi connectivity index (χ3v) is 5.70. The van der Waals surface area contributed by atoms with E-state index in [1.165, 1.54) is 6.33 Å². The first-order chi connectivity index (χ1) is 14.1. The quantitative estimate of drug-likeness (QED) is 0.426. The zero-order valence-corrected chi connectivity index (χ0v) is 17.5. The number of carbonyl (C=O) groups excluding carboxylic acids is 1. The number of hydrogen-bond donors (Lipinski definition) is 1. The number of thioether (sulfide) groups is 1. The van der Waals surface area contributed by atoms with Crippen molar-refractivity contribution < 1.29 is 4.79 Å². The fourth-order valence-electron chi connectivity index (χ4n) is 2.90. The van der Waals surface area contributed by atoms with Gasteiger partial charge in [0, 0.05) is 16.7 Å². The van der Waals surface area contributed by atoms with Crippen LogP contribution < -0.4 is 5.32 Å². The lowest BCUT2D eigenvalue weighted by molar-refractivity contribution is -0.117. The zero-order valence-electron chi connectivity index (χ0n) is 16.7. The SMILES string of the molecule is C=CCSc1ccccc1NC(=O)CN(C)C(C)c1ccc(-n2cncn2)cc1. The third kappa shape index (κ3) is 5.56. The van der Waals surface area contributed by atoms with Crippen molar-refractivity contribution in [3.63, 3.8) is 0 Å². The Morgan fingerprint density at radius 3 is 2.72 bits per heavy atom. The van der Waals surface area contributed by atoms with Crippen molar-refractivity contribution >= 4 is 23.4 Å². The Bertz CT molecular complexity index is 940. The molecule has 1 unspecified atom stereocenters. The van der Waals surface area contributed by atoms with E-state index in [0.29, 0.717) is 6.54 Å². The molecule has 0 aliphatic heterocycles. The number of carbonyl (C=O) groups is 1. The second-order valence-corrected chi connectivity index (χ2v) is 7.73. The first-order valence-corrected chi connectivity index (χ1v) is 10.3. The summed E-state index contributed by atoms with van der Waals surface area (Å²) in [5, 5.41) is 7.17. The molecule has 0 aliphatic carbocycles. The summed E-state index contributed by atoms with van der Waals surface area (Å²) in [4.78, 5) is 19.6. The molecule has 3 rings (SSSR count). The fourth-order valence-corrected chi connectivity index (χ4v) is 3.65. The van der Waals surface area contributed by atoms with Crippen molar-refractivity contribution in [2.45, 2.75) is 17.9 Å². The summed E-state index contributed by atoms with van der Waals surface area (Å²) in [7, 11) is 1.95. The van der Waals surface area contributed by atoms with Gasteiger partial charge in [-0.3, -0.25) is 9.69 Å². The minimum Gasteiger partial charge on any atom is -0.324 e. The third-order valence-electron chi connectivity index (χ3n) is 4.63. The number of nitrogens with zero attached hydrogens (tertiary/aromatic N) is 4. The minimum atomic E-state index is -0.0368. The highest BCUT2D eigenvalue weighted by Crippen LogP contribution is 2.27. The largest absolute Gasteiger partial charge is 0.324 e. The van der Waals surface area contributed by atoms with E-state index in [0.717, 1.165) is 27.6 Å². The van der Waals surface area contributed by atoms with Gasteiger partial charge >= 0.3 is 0 Å². The number of para-hydroxylation sites is 1. The predicted molar refractivity (Wildman–Crippen MR) is 118 cm³/mol. The van der Waals surface area contributed by atoms with E-state index in [9.17, 15) is 4.79 Å². The summed E-state index contributed by atoms with van der Waals surface area (Å²) in [5.41, 5.74) is 2.92. The highest BCUT2D eigenvalue weighted by Gasteiger charge is 2.16. The van der Waals surface area contributed by atoms with Crippen LogP contribution in [0.5, 0.6) is 0 Å². The molecule has 6 nitrogen and oxygen atoms in total. The molecule has 7 heteroatoms. The monoisotopic (exact) mass is 407 g/mol. The molecular formula is C22H25N5OS. The summed E-state index contributed by atoms with van der Waals surface area (Å²) < 4.78 is 1.72. The molecule has 1 heterocycles. The van der Waals surface area contributed by atoms with Crippen molar-refractivity contribution in [2.24, 2.45) is 0 Å². The van der Waals surface area contributed by atoms with Crippen molar-refractivity contribution in [3.05, 3.63) is 79.4 Å². The zero-order chi connectivity index (χ0) is 20.6. The van der Waals surface area contributed by atoms with Crippen molar-refractivity contribution in [1.82, 2.24) is 19.7 Å². The molecule has 0 aliphatic rings. The van der Waals surface area contributed by atoms with Crippen LogP contribution in [0, 0.1) is 0 Å². The van der Waals surface area contributed by atoms with Crippen LogP contribution in [-0.2, 0) is 4.79 Å². The van der Waals surface area contributed by atoms with Crippen LogP contribution in [0.15, 0.2) is 78.7 Å². The maximum absolute atomic E-state index is 12.6. The van der Waals surface area contributed by atoms with Gasteiger partial charge in [0.15, 0.2) is 0 Å². The number of amides is 1. The van der Waals surface area contributed by atoms with Gasteiger partial charge in [-0.05, 0) is 43.8 Å². The van der Waals surface area contributed by atoms with Crippen LogP contribution in [0.4, 0.5) is 5.69 Å². The first kappa shape index (κ1) is 20.8. The molecule has 29 heavy (non-hydrogen) atoms. The van der Waals surface area contributed by atoms with Crippen LogP contribution in [0.1, 0.15) is 18.5 Å². The average molecular weight is 408 g/mol. The maximum Gasteiger partial charge on any atom is 0.238 e. The molecule has 1 atom stereocenters. The maximum atomic E-state index is 12.6. The molecule has 0 bridgehead atoms. The normalized spacial score (nSPS) is 12.0. The van der Waals surface area contributed by atoms with E-state index in [1.54, 1.807) is 22.8 Å². The van der Waals surface area contributed by atoms with Crippen LogP contribution >= 0.6 is 11.8 Å². The summed E-state index contributed by atoms with van der Waals surface area (Å²) in [5.74, 6) is 0.763. The fraction of sp³-hybridized carbons (Fsp3) is 0.227. The van der Waals surface area contributed by atoms with Gasteiger partial charge in [-0.1, -0.05) is 30.3 Å². The Hall–Kier alpha value is -2.90. The highest BCUT2D eigenvalue weighted by atomic mass is 32.2. The van der Waals surface area contributed by atoms with Crippen molar-refractivity contribution in [1.29, 1.82) is 0 Å². The van der Waals surface area contributed by atoms with Crippen LogP contribution in [0.25, 0.3) is 5.69 Å². The molecule has 1 amide bonds. The molecule has 0 spiro atoms. The van der Waals surface area contributed by atoms with Crippen LogP contribution in [0.2, 0.25) is 0 Å². The number of likely N-dealkylation sites (N-methyl/N-ethyl adjacent to an activating group) is 1. The van der Waals surface area contributed by atoms with E-state index < -0.39 is 0 Å². The summed E-state index contributed by atoms with van der Waals surface area (Å²) in [6, 6.07) is 16.0. The molecule has 3 aromatic rings. The Morgan fingerprint density at radius 1 is 1.28 bits per heavy atom. The van der Waals surface area contributed by atoms with E-state index >= 15 is 0 Å². The second-order valence-electron chi connectivity index (χ2n) is 6.67. The van der Waals surface area contributed by atoms with E-state index in [-0.39, 0.29) is 11.9 Å². The van der Waals surface area contributed by atoms with Crippen molar-refractivity contribution in [2.75, 3.05) is 24.7 Å². The number of hydrogen-bond acceptors (Lipinski definition) is 5. The molecule has 1 aromatic heterocycles. The molecular weight excluding hydrogens is 382 g/mol. The lowest BCUT2D eigenvalue weighted by Gasteiger charge is -2.25. The Kier molecular flexibility index (Phi) is 7.21. The molecule has 0 saturated heterocycles. The number of anilines is 1. The predicted octanol–water partition coefficient (Wildman–Crippen LogP) is 4.18. The number of benzene rings is 2. The minimum absolute atomic E-state index is 0.0368. The molecule has 0 radical (unpaired) electrons. The van der Waals surface area contributed by atoms with Crippen molar-refractivity contribution in [3.8, 4) is 5.69 Å². The Balaban J connectivity index is 1.60. The van der Waals surface area contributed by atoms with Gasteiger partial charge in [0.05, 0.1) is 17.9 Å². The van der Waals surface area contributed by atoms with Gasteiger partial charge in [-0.15, -0.1) is 18.3 Å². The standard InChI is InChI=1S/C22H25N5OS/c1-4-13-29-21-8-6-5-7-20(21)25-22(28)14-26(3)17(2)18-9-11-19(12-10-18)27-16-23-15-24-27/h4-12,15-17H,1,13-14H2,2-3H3,(H,25,28). The highest BCUT2D eigenvalue weighted by molar-refractivity contribution is 7.99. The molecule has 0 fully saturated rings. The van der Waals surface area contributed by atoms with Gasteiger partial charge < -0.3 is 5.32 Å². The molecule has 2 aromatic carbocycles. The van der Waals surface area contributed by atoms with E-state index in [4.69, 9.17) is 0 Å². The average Bonchev–Trinajstić information content (AvgIpc) is 3.27. The number of nitrogens with one attached hydrogen (secondary N) is 1. The van der Waals surface area contributed by atoms with Gasteiger partial charge in [-0.2, -0.15) is 5.10 Å². The topological polar surface area (TPSA) is 63.1 Å². The molecule has 0 saturated carbocycles. The lowest BCUT2D eigenvalue weighted by atomic mass is 10.1. The summed E-state index contributed by atoms with van der Waals surface area (Å²) >= 11 is 1.65. The van der Waals surface area contributed by atoms with Gasteiger partial charge in [0.1, 0.15) is 12.7 Å². The van der Waals surface area contributed by atoms with Crippen LogP contribution in [0.3, 0.4) is 0 Å². The van der Waals surface area contributed by atoms with Gasteiger partial charge in [0.2, 0.25) is 5.91 Å². The number of aromatic nitrogens is 3. The first-order valence-electron chi connectivity index (χ1n) is 9.36. The summed E-state index contributed by atoms with van der Waals surface area (Å²) in [6.45, 7) is 6.14.